The van der Waals surface area contributed by atoms with Crippen LogP contribution in [0.4, 0.5) is 0 Å². The third-order valence-corrected chi connectivity index (χ3v) is 2.45. The second-order valence-corrected chi connectivity index (χ2v) is 4.04. The number of hydrogen-bond donors (Lipinski definition) is 2. The van der Waals surface area contributed by atoms with E-state index < -0.39 is 0 Å². The Labute approximate surface area is 102 Å². The number of carbonyl (C=O) groups excluding carboxylic acids is 1. The summed E-state index contributed by atoms with van der Waals surface area (Å²) in [4.78, 5) is 11.5. The first kappa shape index (κ1) is 13.7. The Morgan fingerprint density at radius 2 is 2.06 bits per heavy atom. The number of benzene rings is 1. The van der Waals surface area contributed by atoms with Crippen molar-refractivity contribution in [3.05, 3.63) is 35.4 Å². The fraction of sp³-hybridized carbons (Fsp3) is 0.462. The monoisotopic (exact) mass is 236 g/mol. The third-order valence-electron chi connectivity index (χ3n) is 2.45. The Hall–Kier alpha value is -1.39. The minimum absolute atomic E-state index is 0.00965. The topological polar surface area (TPSA) is 64.3 Å². The van der Waals surface area contributed by atoms with E-state index in [1.165, 1.54) is 5.56 Å². The SMILES string of the molecule is Cc1ccc([C@H](C)NC(=O)COCCN)cc1. The Bertz CT molecular complexity index is 349. The van der Waals surface area contributed by atoms with Crippen LogP contribution in [0.3, 0.4) is 0 Å². The van der Waals surface area contributed by atoms with Crippen LogP contribution in [0.2, 0.25) is 0 Å². The lowest BCUT2D eigenvalue weighted by Crippen LogP contribution is -2.30. The highest BCUT2D eigenvalue weighted by Gasteiger charge is 2.08. The van der Waals surface area contributed by atoms with Crippen molar-refractivity contribution in [1.82, 2.24) is 5.32 Å². The van der Waals surface area contributed by atoms with Crippen LogP contribution >= 0.6 is 0 Å². The van der Waals surface area contributed by atoms with Crippen molar-refractivity contribution in [1.29, 1.82) is 0 Å². The van der Waals surface area contributed by atoms with Gasteiger partial charge >= 0.3 is 0 Å². The highest BCUT2D eigenvalue weighted by molar-refractivity contribution is 5.77. The molecule has 0 aromatic heterocycles. The summed E-state index contributed by atoms with van der Waals surface area (Å²) in [6.45, 7) is 4.89. The molecule has 4 nitrogen and oxygen atoms in total. The van der Waals surface area contributed by atoms with Crippen molar-refractivity contribution < 1.29 is 9.53 Å². The smallest absolute Gasteiger partial charge is 0.246 e. The maximum atomic E-state index is 11.5. The van der Waals surface area contributed by atoms with E-state index in [4.69, 9.17) is 10.5 Å². The Kier molecular flexibility index (Phi) is 5.66. The van der Waals surface area contributed by atoms with Gasteiger partial charge in [-0.2, -0.15) is 0 Å². The fourth-order valence-electron chi connectivity index (χ4n) is 1.47. The van der Waals surface area contributed by atoms with Crippen molar-refractivity contribution >= 4 is 5.91 Å². The summed E-state index contributed by atoms with van der Waals surface area (Å²) >= 11 is 0. The molecule has 0 saturated heterocycles. The highest BCUT2D eigenvalue weighted by Crippen LogP contribution is 2.12. The summed E-state index contributed by atoms with van der Waals surface area (Å²) in [5, 5.41) is 2.87. The fourth-order valence-corrected chi connectivity index (χ4v) is 1.47. The van der Waals surface area contributed by atoms with Gasteiger partial charge in [0.05, 0.1) is 12.6 Å². The predicted octanol–water partition coefficient (Wildman–Crippen LogP) is 1.15. The summed E-state index contributed by atoms with van der Waals surface area (Å²) in [6, 6.07) is 8.08. The molecular formula is C13H20N2O2. The number of hydrogen-bond acceptors (Lipinski definition) is 3. The normalized spacial score (nSPS) is 12.2. The van der Waals surface area contributed by atoms with Gasteiger partial charge in [-0.15, -0.1) is 0 Å². The van der Waals surface area contributed by atoms with Crippen LogP contribution in [-0.2, 0) is 9.53 Å². The quantitative estimate of drug-likeness (QED) is 0.728. The van der Waals surface area contributed by atoms with Gasteiger partial charge in [0.15, 0.2) is 0 Å². The van der Waals surface area contributed by atoms with Crippen LogP contribution < -0.4 is 11.1 Å². The molecule has 1 rings (SSSR count). The molecular weight excluding hydrogens is 216 g/mol. The van der Waals surface area contributed by atoms with Gasteiger partial charge in [-0.25, -0.2) is 0 Å². The number of aryl methyl sites for hydroxylation is 1. The minimum atomic E-state index is -0.119. The standard InChI is InChI=1S/C13H20N2O2/c1-10-3-5-12(6-4-10)11(2)15-13(16)9-17-8-7-14/h3-6,11H,7-9,14H2,1-2H3,(H,15,16)/t11-/m0/s1. The van der Waals surface area contributed by atoms with Crippen LogP contribution in [0.25, 0.3) is 0 Å². The van der Waals surface area contributed by atoms with Gasteiger partial charge in [-0.1, -0.05) is 29.8 Å². The molecule has 0 heterocycles. The van der Waals surface area contributed by atoms with Crippen molar-refractivity contribution in [3.8, 4) is 0 Å². The van der Waals surface area contributed by atoms with E-state index in [9.17, 15) is 4.79 Å². The van der Waals surface area contributed by atoms with Gasteiger partial charge in [0, 0.05) is 6.54 Å². The summed E-state index contributed by atoms with van der Waals surface area (Å²) in [6.07, 6.45) is 0. The number of carbonyl (C=O) groups is 1. The van der Waals surface area contributed by atoms with E-state index in [1.54, 1.807) is 0 Å². The Morgan fingerprint density at radius 3 is 2.65 bits per heavy atom. The van der Waals surface area contributed by atoms with Crippen molar-refractivity contribution in [2.24, 2.45) is 5.73 Å². The van der Waals surface area contributed by atoms with Crippen molar-refractivity contribution in [2.75, 3.05) is 19.8 Å². The largest absolute Gasteiger partial charge is 0.370 e. The maximum Gasteiger partial charge on any atom is 0.246 e. The van der Waals surface area contributed by atoms with E-state index >= 15 is 0 Å². The molecule has 0 fully saturated rings. The van der Waals surface area contributed by atoms with Crippen LogP contribution in [0, 0.1) is 6.92 Å². The summed E-state index contributed by atoms with van der Waals surface area (Å²) in [5.74, 6) is -0.119. The molecule has 3 N–H and O–H groups in total. The van der Waals surface area contributed by atoms with E-state index in [0.29, 0.717) is 13.2 Å². The van der Waals surface area contributed by atoms with Gasteiger partial charge in [-0.3, -0.25) is 4.79 Å². The molecule has 1 aromatic carbocycles. The first-order chi connectivity index (χ1) is 8.13. The second-order valence-electron chi connectivity index (χ2n) is 4.04. The lowest BCUT2D eigenvalue weighted by atomic mass is 10.1. The lowest BCUT2D eigenvalue weighted by Gasteiger charge is -2.14. The summed E-state index contributed by atoms with van der Waals surface area (Å²) in [5.41, 5.74) is 7.56. The zero-order valence-corrected chi connectivity index (χ0v) is 10.4. The molecule has 1 amide bonds. The molecule has 1 atom stereocenters. The molecule has 0 aliphatic rings. The molecule has 0 bridgehead atoms. The van der Waals surface area contributed by atoms with Gasteiger partial charge in [0.2, 0.25) is 5.91 Å². The Balaban J connectivity index is 2.40. The number of nitrogens with one attached hydrogen (secondary N) is 1. The minimum Gasteiger partial charge on any atom is -0.370 e. The van der Waals surface area contributed by atoms with E-state index in [1.807, 2.05) is 38.1 Å². The van der Waals surface area contributed by atoms with Gasteiger partial charge in [0.25, 0.3) is 0 Å². The average molecular weight is 236 g/mol. The molecule has 0 unspecified atom stereocenters. The molecule has 0 aliphatic heterocycles. The molecule has 0 aliphatic carbocycles. The summed E-state index contributed by atoms with van der Waals surface area (Å²) in [7, 11) is 0. The van der Waals surface area contributed by atoms with Crippen molar-refractivity contribution in [2.45, 2.75) is 19.9 Å². The van der Waals surface area contributed by atoms with E-state index in [2.05, 4.69) is 5.32 Å². The first-order valence-electron chi connectivity index (χ1n) is 5.77. The van der Waals surface area contributed by atoms with E-state index in [0.717, 1.165) is 5.56 Å². The molecule has 94 valence electrons. The number of ether oxygens (including phenoxy) is 1. The van der Waals surface area contributed by atoms with Crippen LogP contribution in [0.5, 0.6) is 0 Å². The predicted molar refractivity (Wildman–Crippen MR) is 67.6 cm³/mol. The molecule has 1 aromatic rings. The zero-order valence-electron chi connectivity index (χ0n) is 10.4. The number of amides is 1. The number of nitrogens with two attached hydrogens (primary N) is 1. The zero-order chi connectivity index (χ0) is 12.7. The van der Waals surface area contributed by atoms with Crippen LogP contribution in [0.1, 0.15) is 24.1 Å². The first-order valence-corrected chi connectivity index (χ1v) is 5.77. The average Bonchev–Trinajstić information content (AvgIpc) is 2.30. The van der Waals surface area contributed by atoms with Crippen LogP contribution in [0.15, 0.2) is 24.3 Å². The van der Waals surface area contributed by atoms with Gasteiger partial charge in [-0.05, 0) is 19.4 Å². The van der Waals surface area contributed by atoms with Crippen LogP contribution in [-0.4, -0.2) is 25.7 Å². The number of rotatable bonds is 6. The summed E-state index contributed by atoms with van der Waals surface area (Å²) < 4.78 is 5.06. The molecule has 0 spiro atoms. The third kappa shape index (κ3) is 4.97. The molecule has 0 radical (unpaired) electrons. The van der Waals surface area contributed by atoms with Gasteiger partial charge in [0.1, 0.15) is 6.61 Å². The molecule has 4 heteroatoms. The lowest BCUT2D eigenvalue weighted by molar-refractivity contribution is -0.126. The maximum absolute atomic E-state index is 11.5. The molecule has 17 heavy (non-hydrogen) atoms. The highest BCUT2D eigenvalue weighted by atomic mass is 16.5. The molecule has 0 saturated carbocycles. The van der Waals surface area contributed by atoms with E-state index in [-0.39, 0.29) is 18.6 Å². The Morgan fingerprint density at radius 1 is 1.41 bits per heavy atom. The van der Waals surface area contributed by atoms with Crippen molar-refractivity contribution in [3.63, 3.8) is 0 Å². The van der Waals surface area contributed by atoms with Gasteiger partial charge < -0.3 is 15.8 Å². The second kappa shape index (κ2) is 7.04.